The van der Waals surface area contributed by atoms with E-state index in [0.29, 0.717) is 11.8 Å². The lowest BCUT2D eigenvalue weighted by Crippen LogP contribution is -2.30. The average molecular weight is 184 g/mol. The fourth-order valence-electron chi connectivity index (χ4n) is 0.795. The molecule has 0 fully saturated rings. The van der Waals surface area contributed by atoms with Crippen LogP contribution in [0.15, 0.2) is 11.5 Å². The molecular formula is C6H7F3OS. The van der Waals surface area contributed by atoms with Crippen molar-refractivity contribution in [2.24, 2.45) is 0 Å². The van der Waals surface area contributed by atoms with Gasteiger partial charge in [0, 0.05) is 0 Å². The second kappa shape index (κ2) is 3.06. The smallest absolute Gasteiger partial charge is 0.389 e. The minimum Gasteiger partial charge on any atom is -0.389 e. The van der Waals surface area contributed by atoms with Crippen LogP contribution < -0.4 is 0 Å². The first-order chi connectivity index (χ1) is 5.00. The first-order valence-electron chi connectivity index (χ1n) is 3.07. The van der Waals surface area contributed by atoms with Crippen LogP contribution in [0.5, 0.6) is 0 Å². The van der Waals surface area contributed by atoms with E-state index in [1.807, 2.05) is 0 Å². The summed E-state index contributed by atoms with van der Waals surface area (Å²) >= 11 is 0.708. The molecule has 2 atom stereocenters. The molecule has 0 aromatic heterocycles. The second-order valence-corrected chi connectivity index (χ2v) is 3.41. The van der Waals surface area contributed by atoms with Crippen LogP contribution in [-0.4, -0.2) is 22.6 Å². The fraction of sp³-hybridized carbons (Fsp3) is 0.667. The Bertz CT molecular complexity index is 166. The quantitative estimate of drug-likeness (QED) is 0.620. The van der Waals surface area contributed by atoms with Crippen LogP contribution in [0.1, 0.15) is 6.42 Å². The number of halogens is 3. The minimum absolute atomic E-state index is 0.231. The van der Waals surface area contributed by atoms with Gasteiger partial charge in [-0.05, 0) is 17.9 Å². The largest absolute Gasteiger partial charge is 0.400 e. The zero-order chi connectivity index (χ0) is 8.48. The molecule has 1 N–H and O–H groups in total. The molecule has 1 nitrogen and oxygen atoms in total. The highest BCUT2D eigenvalue weighted by molar-refractivity contribution is 8.02. The van der Waals surface area contributed by atoms with Crippen molar-refractivity contribution in [3.05, 3.63) is 11.5 Å². The fourth-order valence-corrected chi connectivity index (χ4v) is 1.72. The molecule has 0 aromatic rings. The van der Waals surface area contributed by atoms with Crippen LogP contribution in [0.3, 0.4) is 0 Å². The number of aliphatic hydroxyl groups excluding tert-OH is 1. The standard InChI is InChI=1S/C6H7F3OS/c7-6(8,9)5-3-4(10)1-2-11-5/h1-2,4-5,10H,3H2/t4-,5-/m1/s1. The predicted octanol–water partition coefficient (Wildman–Crippen LogP) is 1.93. The van der Waals surface area contributed by atoms with E-state index in [2.05, 4.69) is 0 Å². The maximum absolute atomic E-state index is 11.9. The van der Waals surface area contributed by atoms with Crippen molar-refractivity contribution in [2.45, 2.75) is 24.0 Å². The van der Waals surface area contributed by atoms with Crippen LogP contribution in [0.2, 0.25) is 0 Å². The van der Waals surface area contributed by atoms with Crippen molar-refractivity contribution >= 4 is 11.8 Å². The lowest BCUT2D eigenvalue weighted by atomic mass is 10.2. The summed E-state index contributed by atoms with van der Waals surface area (Å²) < 4.78 is 35.8. The zero-order valence-electron chi connectivity index (χ0n) is 5.51. The van der Waals surface area contributed by atoms with Gasteiger partial charge >= 0.3 is 6.18 Å². The van der Waals surface area contributed by atoms with Crippen molar-refractivity contribution in [2.75, 3.05) is 0 Å². The Morgan fingerprint density at radius 1 is 1.45 bits per heavy atom. The Labute approximate surface area is 66.3 Å². The molecule has 1 aliphatic heterocycles. The molecule has 1 aliphatic rings. The summed E-state index contributed by atoms with van der Waals surface area (Å²) in [5.41, 5.74) is 0. The summed E-state index contributed by atoms with van der Waals surface area (Å²) in [6.07, 6.45) is -4.00. The molecule has 1 heterocycles. The van der Waals surface area contributed by atoms with Gasteiger partial charge in [0.2, 0.25) is 0 Å². The van der Waals surface area contributed by atoms with Gasteiger partial charge in [-0.1, -0.05) is 0 Å². The number of hydrogen-bond acceptors (Lipinski definition) is 2. The third-order valence-electron chi connectivity index (χ3n) is 1.36. The Hall–Kier alpha value is -0.160. The summed E-state index contributed by atoms with van der Waals surface area (Å²) in [7, 11) is 0. The van der Waals surface area contributed by atoms with Crippen LogP contribution in [0, 0.1) is 0 Å². The summed E-state index contributed by atoms with van der Waals surface area (Å²) in [6, 6.07) is 0. The summed E-state index contributed by atoms with van der Waals surface area (Å²) in [6.45, 7) is 0. The van der Waals surface area contributed by atoms with Crippen LogP contribution in [-0.2, 0) is 0 Å². The molecule has 11 heavy (non-hydrogen) atoms. The first-order valence-corrected chi connectivity index (χ1v) is 4.01. The number of alkyl halides is 3. The Morgan fingerprint density at radius 2 is 2.09 bits per heavy atom. The van der Waals surface area contributed by atoms with Gasteiger partial charge in [0.25, 0.3) is 0 Å². The van der Waals surface area contributed by atoms with Crippen molar-refractivity contribution in [1.29, 1.82) is 0 Å². The minimum atomic E-state index is -4.20. The number of hydrogen-bond donors (Lipinski definition) is 1. The third-order valence-corrected chi connectivity index (χ3v) is 2.47. The molecule has 0 spiro atoms. The molecule has 0 radical (unpaired) electrons. The lowest BCUT2D eigenvalue weighted by Gasteiger charge is -2.22. The molecule has 0 aliphatic carbocycles. The first kappa shape index (κ1) is 8.93. The molecule has 0 aromatic carbocycles. The van der Waals surface area contributed by atoms with Crippen molar-refractivity contribution in [1.82, 2.24) is 0 Å². The van der Waals surface area contributed by atoms with Gasteiger partial charge in [0.05, 0.1) is 6.10 Å². The van der Waals surface area contributed by atoms with Gasteiger partial charge in [-0.2, -0.15) is 13.2 Å². The van der Waals surface area contributed by atoms with E-state index in [-0.39, 0.29) is 6.42 Å². The van der Waals surface area contributed by atoms with Crippen molar-refractivity contribution in [3.8, 4) is 0 Å². The Balaban J connectivity index is 2.57. The average Bonchev–Trinajstić information content (AvgIpc) is 1.86. The monoisotopic (exact) mass is 184 g/mol. The SMILES string of the molecule is O[C@@H]1C=CS[C@@H](C(F)(F)F)C1. The number of rotatable bonds is 0. The summed E-state index contributed by atoms with van der Waals surface area (Å²) in [4.78, 5) is 0. The maximum atomic E-state index is 11.9. The van der Waals surface area contributed by atoms with E-state index in [0.717, 1.165) is 0 Å². The van der Waals surface area contributed by atoms with E-state index in [9.17, 15) is 13.2 Å². The van der Waals surface area contributed by atoms with Gasteiger partial charge in [-0.15, -0.1) is 11.8 Å². The van der Waals surface area contributed by atoms with Crippen LogP contribution in [0.4, 0.5) is 13.2 Å². The number of thioether (sulfide) groups is 1. The lowest BCUT2D eigenvalue weighted by molar-refractivity contribution is -0.133. The van der Waals surface area contributed by atoms with E-state index in [1.54, 1.807) is 0 Å². The molecule has 0 unspecified atom stereocenters. The summed E-state index contributed by atoms with van der Waals surface area (Å²) in [5.74, 6) is 0. The zero-order valence-corrected chi connectivity index (χ0v) is 6.32. The van der Waals surface area contributed by atoms with E-state index >= 15 is 0 Å². The molecular weight excluding hydrogens is 177 g/mol. The van der Waals surface area contributed by atoms with Crippen molar-refractivity contribution < 1.29 is 18.3 Å². The molecule has 5 heteroatoms. The second-order valence-electron chi connectivity index (χ2n) is 2.30. The highest BCUT2D eigenvalue weighted by Gasteiger charge is 2.41. The molecule has 0 saturated heterocycles. The van der Waals surface area contributed by atoms with Gasteiger partial charge in [0.1, 0.15) is 5.25 Å². The maximum Gasteiger partial charge on any atom is 0.400 e. The summed E-state index contributed by atoms with van der Waals surface area (Å²) in [5, 5.41) is 8.70. The molecule has 1 rings (SSSR count). The molecule has 64 valence electrons. The van der Waals surface area contributed by atoms with Gasteiger partial charge in [-0.3, -0.25) is 0 Å². The van der Waals surface area contributed by atoms with Gasteiger partial charge in [0.15, 0.2) is 0 Å². The topological polar surface area (TPSA) is 20.2 Å². The van der Waals surface area contributed by atoms with E-state index in [4.69, 9.17) is 5.11 Å². The molecule has 0 amide bonds. The van der Waals surface area contributed by atoms with Crippen LogP contribution in [0.25, 0.3) is 0 Å². The highest BCUT2D eigenvalue weighted by Crippen LogP contribution is 2.36. The van der Waals surface area contributed by atoms with Gasteiger partial charge in [-0.25, -0.2) is 0 Å². The normalized spacial score (nSPS) is 32.4. The van der Waals surface area contributed by atoms with Crippen molar-refractivity contribution in [3.63, 3.8) is 0 Å². The van der Waals surface area contributed by atoms with E-state index in [1.165, 1.54) is 11.5 Å². The van der Waals surface area contributed by atoms with E-state index < -0.39 is 17.5 Å². The Kier molecular flexibility index (Phi) is 2.49. The molecule has 0 saturated carbocycles. The number of aliphatic hydroxyl groups is 1. The highest BCUT2D eigenvalue weighted by atomic mass is 32.2. The third kappa shape index (κ3) is 2.41. The Morgan fingerprint density at radius 3 is 2.45 bits per heavy atom. The van der Waals surface area contributed by atoms with Gasteiger partial charge < -0.3 is 5.11 Å². The molecule has 0 bridgehead atoms. The predicted molar refractivity (Wildman–Crippen MR) is 37.2 cm³/mol. The van der Waals surface area contributed by atoms with Crippen LogP contribution >= 0.6 is 11.8 Å².